The number of carbonyl (C=O) groups excluding carboxylic acids is 1. The van der Waals surface area contributed by atoms with Crippen LogP contribution in [-0.4, -0.2) is 25.9 Å². The summed E-state index contributed by atoms with van der Waals surface area (Å²) in [7, 11) is 0. The Kier molecular flexibility index (Phi) is 5.28. The average molecular weight is 445 g/mol. The first-order chi connectivity index (χ1) is 15.2. The molecule has 7 heteroatoms. The predicted octanol–water partition coefficient (Wildman–Crippen LogP) is 5.43. The monoisotopic (exact) mass is 444 g/mol. The number of benzene rings is 2. The molecule has 0 atom stereocenters. The van der Waals surface area contributed by atoms with E-state index in [0.717, 1.165) is 32.9 Å². The Bertz CT molecular complexity index is 1290. The SMILES string of the molecule is O=C(NC(=S)N(Cc1cccc2[nH]ccc12)Cc1cccc2[nH]ccc12)c1cccs1. The van der Waals surface area contributed by atoms with Gasteiger partial charge in [0.15, 0.2) is 5.11 Å². The first-order valence-corrected chi connectivity index (χ1v) is 11.2. The summed E-state index contributed by atoms with van der Waals surface area (Å²) in [6.45, 7) is 1.17. The van der Waals surface area contributed by atoms with E-state index < -0.39 is 0 Å². The van der Waals surface area contributed by atoms with Gasteiger partial charge in [-0.25, -0.2) is 0 Å². The van der Waals surface area contributed by atoms with Crippen molar-refractivity contribution in [3.63, 3.8) is 0 Å². The Hall–Kier alpha value is -3.42. The number of fused-ring (bicyclic) bond motifs is 2. The molecule has 5 nitrogen and oxygen atoms in total. The highest BCUT2D eigenvalue weighted by atomic mass is 32.1. The highest BCUT2D eigenvalue weighted by molar-refractivity contribution is 7.80. The van der Waals surface area contributed by atoms with E-state index in [1.54, 1.807) is 6.07 Å². The molecule has 0 saturated heterocycles. The fraction of sp³-hybridized carbons (Fsp3) is 0.0833. The molecule has 3 heterocycles. The first-order valence-electron chi connectivity index (χ1n) is 9.93. The molecule has 2 aromatic carbocycles. The zero-order valence-electron chi connectivity index (χ0n) is 16.6. The summed E-state index contributed by atoms with van der Waals surface area (Å²) in [6, 6.07) is 20.2. The molecule has 5 rings (SSSR count). The highest BCUT2D eigenvalue weighted by Crippen LogP contribution is 2.23. The van der Waals surface area contributed by atoms with E-state index in [1.807, 2.05) is 40.9 Å². The number of carbonyl (C=O) groups is 1. The summed E-state index contributed by atoms with van der Waals surface area (Å²) in [6.07, 6.45) is 3.88. The normalized spacial score (nSPS) is 11.1. The van der Waals surface area contributed by atoms with Gasteiger partial charge in [-0.1, -0.05) is 30.3 Å². The van der Waals surface area contributed by atoms with Crippen LogP contribution in [-0.2, 0) is 13.1 Å². The number of rotatable bonds is 5. The van der Waals surface area contributed by atoms with Crippen molar-refractivity contribution in [2.24, 2.45) is 0 Å². The molecule has 0 aliphatic carbocycles. The number of hydrogen-bond donors (Lipinski definition) is 3. The molecule has 1 amide bonds. The minimum Gasteiger partial charge on any atom is -0.361 e. The Labute approximate surface area is 188 Å². The summed E-state index contributed by atoms with van der Waals surface area (Å²) in [5, 5.41) is 7.52. The van der Waals surface area contributed by atoms with Gasteiger partial charge < -0.3 is 14.9 Å². The van der Waals surface area contributed by atoms with Gasteiger partial charge in [-0.05, 0) is 59.1 Å². The zero-order valence-corrected chi connectivity index (χ0v) is 18.2. The maximum absolute atomic E-state index is 12.6. The van der Waals surface area contributed by atoms with E-state index in [2.05, 4.69) is 51.7 Å². The minimum absolute atomic E-state index is 0.176. The maximum Gasteiger partial charge on any atom is 0.267 e. The summed E-state index contributed by atoms with van der Waals surface area (Å²) >= 11 is 7.11. The quantitative estimate of drug-likeness (QED) is 0.317. The van der Waals surface area contributed by atoms with Crippen molar-refractivity contribution in [2.45, 2.75) is 13.1 Å². The molecular formula is C24H20N4OS2. The van der Waals surface area contributed by atoms with Crippen molar-refractivity contribution >= 4 is 56.4 Å². The number of amides is 1. The maximum atomic E-state index is 12.6. The summed E-state index contributed by atoms with van der Waals surface area (Å²) in [5.41, 5.74) is 4.46. The fourth-order valence-electron chi connectivity index (χ4n) is 3.83. The van der Waals surface area contributed by atoms with Gasteiger partial charge in [0, 0.05) is 47.3 Å². The lowest BCUT2D eigenvalue weighted by atomic mass is 10.1. The van der Waals surface area contributed by atoms with E-state index in [0.29, 0.717) is 23.1 Å². The first kappa shape index (κ1) is 19.5. The third kappa shape index (κ3) is 3.97. The lowest BCUT2D eigenvalue weighted by molar-refractivity contribution is 0.0976. The van der Waals surface area contributed by atoms with E-state index in [9.17, 15) is 4.79 Å². The molecule has 0 saturated carbocycles. The number of nitrogens with one attached hydrogen (secondary N) is 3. The van der Waals surface area contributed by atoms with Crippen LogP contribution in [0.5, 0.6) is 0 Å². The molecule has 0 bridgehead atoms. The summed E-state index contributed by atoms with van der Waals surface area (Å²) in [4.78, 5) is 21.8. The fourth-order valence-corrected chi connectivity index (χ4v) is 4.67. The van der Waals surface area contributed by atoms with Gasteiger partial charge in [0.25, 0.3) is 5.91 Å². The molecule has 3 aromatic heterocycles. The van der Waals surface area contributed by atoms with E-state index in [-0.39, 0.29) is 5.91 Å². The topological polar surface area (TPSA) is 63.9 Å². The standard InChI is InChI=1S/C24H20N4OS2/c29-23(22-8-3-13-31-22)27-24(30)28(14-16-4-1-6-20-18(16)9-11-25-20)15-17-5-2-7-21-19(17)10-12-26-21/h1-13,25-26H,14-15H2,(H,27,29,30). The molecular weight excluding hydrogens is 424 g/mol. The van der Waals surface area contributed by atoms with Crippen LogP contribution in [0.1, 0.15) is 20.8 Å². The third-order valence-electron chi connectivity index (χ3n) is 5.35. The number of H-pyrrole nitrogens is 2. The lowest BCUT2D eigenvalue weighted by Crippen LogP contribution is -2.41. The molecule has 5 aromatic rings. The largest absolute Gasteiger partial charge is 0.361 e. The Morgan fingerprint density at radius 3 is 2.03 bits per heavy atom. The van der Waals surface area contributed by atoms with E-state index >= 15 is 0 Å². The Balaban J connectivity index is 1.47. The van der Waals surface area contributed by atoms with Crippen molar-refractivity contribution in [2.75, 3.05) is 0 Å². The van der Waals surface area contributed by atoms with Crippen molar-refractivity contribution < 1.29 is 4.79 Å². The van der Waals surface area contributed by atoms with Crippen LogP contribution < -0.4 is 5.32 Å². The van der Waals surface area contributed by atoms with Gasteiger partial charge in [-0.3, -0.25) is 10.1 Å². The van der Waals surface area contributed by atoms with E-state index in [1.165, 1.54) is 11.3 Å². The Morgan fingerprint density at radius 1 is 0.871 bits per heavy atom. The number of aromatic nitrogens is 2. The molecule has 0 aliphatic heterocycles. The van der Waals surface area contributed by atoms with Crippen molar-refractivity contribution in [1.29, 1.82) is 0 Å². The van der Waals surface area contributed by atoms with Crippen molar-refractivity contribution in [1.82, 2.24) is 20.2 Å². The molecule has 3 N–H and O–H groups in total. The number of nitrogens with zero attached hydrogens (tertiary/aromatic N) is 1. The zero-order chi connectivity index (χ0) is 21.2. The summed E-state index contributed by atoms with van der Waals surface area (Å²) in [5.74, 6) is -0.176. The number of thiocarbonyl (C=S) groups is 1. The predicted molar refractivity (Wildman–Crippen MR) is 130 cm³/mol. The van der Waals surface area contributed by atoms with Crippen LogP contribution >= 0.6 is 23.6 Å². The lowest BCUT2D eigenvalue weighted by Gasteiger charge is -2.26. The van der Waals surface area contributed by atoms with Crippen LogP contribution in [0, 0.1) is 0 Å². The molecule has 0 unspecified atom stereocenters. The van der Waals surface area contributed by atoms with Gasteiger partial charge in [0.1, 0.15) is 0 Å². The second-order valence-corrected chi connectivity index (χ2v) is 8.64. The molecule has 154 valence electrons. The van der Waals surface area contributed by atoms with Crippen LogP contribution in [0.3, 0.4) is 0 Å². The van der Waals surface area contributed by atoms with Crippen LogP contribution in [0.15, 0.2) is 78.4 Å². The molecule has 0 fully saturated rings. The average Bonchev–Trinajstić information content (AvgIpc) is 3.54. The second-order valence-electron chi connectivity index (χ2n) is 7.30. The van der Waals surface area contributed by atoms with Crippen LogP contribution in [0.4, 0.5) is 0 Å². The highest BCUT2D eigenvalue weighted by Gasteiger charge is 2.18. The Morgan fingerprint density at radius 2 is 1.48 bits per heavy atom. The molecule has 0 radical (unpaired) electrons. The van der Waals surface area contributed by atoms with Gasteiger partial charge in [-0.15, -0.1) is 11.3 Å². The van der Waals surface area contributed by atoms with Crippen molar-refractivity contribution in [3.05, 3.63) is 94.4 Å². The second kappa shape index (κ2) is 8.37. The van der Waals surface area contributed by atoms with Crippen LogP contribution in [0.2, 0.25) is 0 Å². The van der Waals surface area contributed by atoms with Crippen LogP contribution in [0.25, 0.3) is 21.8 Å². The number of hydrogen-bond acceptors (Lipinski definition) is 3. The number of thiophene rings is 1. The molecule has 0 spiro atoms. The minimum atomic E-state index is -0.176. The van der Waals surface area contributed by atoms with Crippen molar-refractivity contribution in [3.8, 4) is 0 Å². The molecule has 0 aliphatic rings. The smallest absolute Gasteiger partial charge is 0.267 e. The van der Waals surface area contributed by atoms with Gasteiger partial charge in [0.05, 0.1) is 4.88 Å². The summed E-state index contributed by atoms with van der Waals surface area (Å²) < 4.78 is 0. The van der Waals surface area contributed by atoms with E-state index in [4.69, 9.17) is 12.2 Å². The number of aromatic amines is 2. The van der Waals surface area contributed by atoms with Gasteiger partial charge in [-0.2, -0.15) is 0 Å². The third-order valence-corrected chi connectivity index (χ3v) is 6.57. The van der Waals surface area contributed by atoms with Gasteiger partial charge in [0.2, 0.25) is 0 Å². The van der Waals surface area contributed by atoms with Gasteiger partial charge >= 0.3 is 0 Å². The molecule has 31 heavy (non-hydrogen) atoms.